The van der Waals surface area contributed by atoms with E-state index < -0.39 is 0 Å². The van der Waals surface area contributed by atoms with Crippen LogP contribution in [0.15, 0.2) is 60.7 Å². The van der Waals surface area contributed by atoms with Gasteiger partial charge in [0.05, 0.1) is 0 Å². The predicted molar refractivity (Wildman–Crippen MR) is 104 cm³/mol. The van der Waals surface area contributed by atoms with Gasteiger partial charge in [-0.1, -0.05) is 60.7 Å². The fourth-order valence-corrected chi connectivity index (χ4v) is 3.40. The maximum Gasteiger partial charge on any atom is 0.410 e. The summed E-state index contributed by atoms with van der Waals surface area (Å²) in [7, 11) is 0. The van der Waals surface area contributed by atoms with Crippen molar-refractivity contribution in [2.24, 2.45) is 5.92 Å². The minimum Gasteiger partial charge on any atom is -0.445 e. The standard InChI is InChI=1S/C22H26N2O3/c1-18(25)23-13-12-21(15-23)16-24(14-19-8-4-2-5-9-19)22(26)27-17-20-10-6-3-7-11-20/h2-11,21H,12-17H2,1H3. The lowest BCUT2D eigenvalue weighted by molar-refractivity contribution is -0.127. The number of carbonyl (C=O) groups is 2. The van der Waals surface area contributed by atoms with Gasteiger partial charge in [-0.25, -0.2) is 4.79 Å². The number of hydrogen-bond acceptors (Lipinski definition) is 3. The molecule has 27 heavy (non-hydrogen) atoms. The molecule has 2 aromatic rings. The average Bonchev–Trinajstić information content (AvgIpc) is 3.16. The minimum atomic E-state index is -0.316. The Morgan fingerprint density at radius 3 is 2.26 bits per heavy atom. The number of nitrogens with zero attached hydrogens (tertiary/aromatic N) is 2. The third kappa shape index (κ3) is 5.58. The molecule has 1 unspecified atom stereocenters. The lowest BCUT2D eigenvalue weighted by atomic mass is 10.1. The number of hydrogen-bond donors (Lipinski definition) is 0. The summed E-state index contributed by atoms with van der Waals surface area (Å²) in [4.78, 5) is 27.9. The Morgan fingerprint density at radius 1 is 1.04 bits per heavy atom. The van der Waals surface area contributed by atoms with Crippen LogP contribution in [0.1, 0.15) is 24.5 Å². The number of rotatable bonds is 6. The van der Waals surface area contributed by atoms with Crippen LogP contribution in [0.2, 0.25) is 0 Å². The number of carbonyl (C=O) groups excluding carboxylic acids is 2. The van der Waals surface area contributed by atoms with Crippen molar-refractivity contribution in [2.75, 3.05) is 19.6 Å². The van der Waals surface area contributed by atoms with Gasteiger partial charge < -0.3 is 14.5 Å². The molecule has 2 aromatic carbocycles. The van der Waals surface area contributed by atoms with Gasteiger partial charge in [0, 0.05) is 33.1 Å². The second-order valence-electron chi connectivity index (χ2n) is 7.03. The zero-order valence-electron chi connectivity index (χ0n) is 15.7. The SMILES string of the molecule is CC(=O)N1CCC(CN(Cc2ccccc2)C(=O)OCc2ccccc2)C1. The summed E-state index contributed by atoms with van der Waals surface area (Å²) in [6.45, 7) is 4.41. The first-order chi connectivity index (χ1) is 13.1. The van der Waals surface area contributed by atoms with Gasteiger partial charge in [-0.05, 0) is 23.5 Å². The van der Waals surface area contributed by atoms with E-state index in [1.807, 2.05) is 65.6 Å². The van der Waals surface area contributed by atoms with Crippen LogP contribution in [0.25, 0.3) is 0 Å². The predicted octanol–water partition coefficient (Wildman–Crippen LogP) is 3.69. The van der Waals surface area contributed by atoms with Gasteiger partial charge in [-0.2, -0.15) is 0 Å². The molecule has 0 N–H and O–H groups in total. The maximum absolute atomic E-state index is 12.7. The van der Waals surface area contributed by atoms with E-state index in [0.29, 0.717) is 19.6 Å². The first-order valence-corrected chi connectivity index (χ1v) is 9.37. The molecule has 1 aliphatic heterocycles. The summed E-state index contributed by atoms with van der Waals surface area (Å²) in [5.41, 5.74) is 2.03. The van der Waals surface area contributed by atoms with Gasteiger partial charge in [0.2, 0.25) is 5.91 Å². The van der Waals surface area contributed by atoms with Crippen molar-refractivity contribution in [3.8, 4) is 0 Å². The summed E-state index contributed by atoms with van der Waals surface area (Å²) >= 11 is 0. The van der Waals surface area contributed by atoms with E-state index in [9.17, 15) is 9.59 Å². The molecule has 0 aliphatic carbocycles. The van der Waals surface area contributed by atoms with E-state index in [-0.39, 0.29) is 24.5 Å². The number of ether oxygens (including phenoxy) is 1. The molecular weight excluding hydrogens is 340 g/mol. The molecule has 2 amide bonds. The summed E-state index contributed by atoms with van der Waals surface area (Å²) in [5, 5.41) is 0. The van der Waals surface area contributed by atoms with Crippen LogP contribution in [0, 0.1) is 5.92 Å². The molecule has 1 heterocycles. The summed E-state index contributed by atoms with van der Waals surface area (Å²) in [6.07, 6.45) is 0.598. The zero-order chi connectivity index (χ0) is 19.1. The fourth-order valence-electron chi connectivity index (χ4n) is 3.40. The third-order valence-electron chi connectivity index (χ3n) is 4.89. The van der Waals surface area contributed by atoms with Crippen LogP contribution < -0.4 is 0 Å². The molecule has 0 aromatic heterocycles. The van der Waals surface area contributed by atoms with Crippen molar-refractivity contribution in [2.45, 2.75) is 26.5 Å². The molecule has 5 nitrogen and oxygen atoms in total. The molecule has 0 radical (unpaired) electrons. The van der Waals surface area contributed by atoms with Crippen molar-refractivity contribution >= 4 is 12.0 Å². The molecule has 1 saturated heterocycles. The van der Waals surface area contributed by atoms with Gasteiger partial charge in [0.1, 0.15) is 6.61 Å². The molecule has 3 rings (SSSR count). The molecule has 142 valence electrons. The Balaban J connectivity index is 1.63. The molecular formula is C22H26N2O3. The Kier molecular flexibility index (Phi) is 6.47. The Hall–Kier alpha value is -2.82. The van der Waals surface area contributed by atoms with Crippen molar-refractivity contribution in [3.05, 3.63) is 71.8 Å². The monoisotopic (exact) mass is 366 g/mol. The molecule has 0 bridgehead atoms. The molecule has 0 saturated carbocycles. The van der Waals surface area contributed by atoms with E-state index in [1.54, 1.807) is 11.8 Å². The van der Waals surface area contributed by atoms with Gasteiger partial charge in [0.15, 0.2) is 0 Å². The maximum atomic E-state index is 12.7. The normalized spacial score (nSPS) is 16.2. The van der Waals surface area contributed by atoms with Gasteiger partial charge in [-0.15, -0.1) is 0 Å². The quantitative estimate of drug-likeness (QED) is 0.783. The summed E-state index contributed by atoms with van der Waals surface area (Å²) in [6, 6.07) is 19.6. The van der Waals surface area contributed by atoms with Crippen LogP contribution in [0.4, 0.5) is 4.79 Å². The molecule has 1 atom stereocenters. The zero-order valence-corrected chi connectivity index (χ0v) is 15.7. The second kappa shape index (κ2) is 9.21. The van der Waals surface area contributed by atoms with Crippen molar-refractivity contribution in [1.29, 1.82) is 0 Å². The highest BCUT2D eigenvalue weighted by molar-refractivity contribution is 5.73. The Labute approximate surface area is 160 Å². The lowest BCUT2D eigenvalue weighted by Crippen LogP contribution is -2.36. The third-order valence-corrected chi connectivity index (χ3v) is 4.89. The molecule has 0 spiro atoms. The molecule has 1 aliphatic rings. The van der Waals surface area contributed by atoms with E-state index in [4.69, 9.17) is 4.74 Å². The van der Waals surface area contributed by atoms with E-state index in [0.717, 1.165) is 24.1 Å². The number of amides is 2. The van der Waals surface area contributed by atoms with Gasteiger partial charge in [-0.3, -0.25) is 4.79 Å². The van der Waals surface area contributed by atoms with E-state index in [2.05, 4.69) is 0 Å². The minimum absolute atomic E-state index is 0.0961. The smallest absolute Gasteiger partial charge is 0.410 e. The van der Waals surface area contributed by atoms with Crippen LogP contribution >= 0.6 is 0 Å². The largest absolute Gasteiger partial charge is 0.445 e. The Bertz CT molecular complexity index is 749. The highest BCUT2D eigenvalue weighted by Crippen LogP contribution is 2.19. The fraction of sp³-hybridized carbons (Fsp3) is 0.364. The molecule has 5 heteroatoms. The van der Waals surface area contributed by atoms with Gasteiger partial charge in [0.25, 0.3) is 0 Å². The Morgan fingerprint density at radius 2 is 1.67 bits per heavy atom. The number of likely N-dealkylation sites (tertiary alicyclic amines) is 1. The second-order valence-corrected chi connectivity index (χ2v) is 7.03. The first kappa shape index (κ1) is 19.0. The topological polar surface area (TPSA) is 49.9 Å². The molecule has 1 fully saturated rings. The first-order valence-electron chi connectivity index (χ1n) is 9.37. The van der Waals surface area contributed by atoms with Crippen molar-refractivity contribution in [1.82, 2.24) is 9.80 Å². The van der Waals surface area contributed by atoms with Crippen LogP contribution in [-0.4, -0.2) is 41.4 Å². The van der Waals surface area contributed by atoms with Gasteiger partial charge >= 0.3 is 6.09 Å². The van der Waals surface area contributed by atoms with Crippen LogP contribution in [-0.2, 0) is 22.7 Å². The summed E-state index contributed by atoms with van der Waals surface area (Å²) < 4.78 is 5.55. The average molecular weight is 366 g/mol. The van der Waals surface area contributed by atoms with E-state index >= 15 is 0 Å². The van der Waals surface area contributed by atoms with E-state index in [1.165, 1.54) is 0 Å². The summed E-state index contributed by atoms with van der Waals surface area (Å²) in [5.74, 6) is 0.376. The highest BCUT2D eigenvalue weighted by atomic mass is 16.6. The van der Waals surface area contributed by atoms with Crippen molar-refractivity contribution in [3.63, 3.8) is 0 Å². The highest BCUT2D eigenvalue weighted by Gasteiger charge is 2.28. The number of benzene rings is 2. The van der Waals surface area contributed by atoms with Crippen LogP contribution in [0.5, 0.6) is 0 Å². The lowest BCUT2D eigenvalue weighted by Gasteiger charge is -2.25. The van der Waals surface area contributed by atoms with Crippen molar-refractivity contribution < 1.29 is 14.3 Å². The van der Waals surface area contributed by atoms with Crippen LogP contribution in [0.3, 0.4) is 0 Å².